The second kappa shape index (κ2) is 10.4. The Labute approximate surface area is 214 Å². The summed E-state index contributed by atoms with van der Waals surface area (Å²) in [5.41, 5.74) is 7.80. The number of pyridine rings is 2. The van der Waals surface area contributed by atoms with Crippen molar-refractivity contribution in [3.8, 4) is 10.6 Å². The van der Waals surface area contributed by atoms with Crippen LogP contribution in [0.1, 0.15) is 35.5 Å². The van der Waals surface area contributed by atoms with Crippen LogP contribution >= 0.6 is 11.3 Å². The van der Waals surface area contributed by atoms with Crippen molar-refractivity contribution >= 4 is 39.5 Å². The number of thiophene rings is 1. The van der Waals surface area contributed by atoms with E-state index in [4.69, 9.17) is 4.99 Å². The molecule has 182 valence electrons. The number of allylic oxidation sites excluding steroid dienone is 3. The first-order valence-electron chi connectivity index (χ1n) is 12.0. The molecule has 7 nitrogen and oxygen atoms in total. The van der Waals surface area contributed by atoms with E-state index in [0.717, 1.165) is 68.5 Å². The quantitative estimate of drug-likeness (QED) is 0.265. The van der Waals surface area contributed by atoms with Crippen LogP contribution in [0.15, 0.2) is 72.0 Å². The first-order chi connectivity index (χ1) is 17.6. The van der Waals surface area contributed by atoms with Crippen molar-refractivity contribution in [2.24, 2.45) is 4.99 Å². The zero-order chi connectivity index (χ0) is 25.1. The minimum atomic E-state index is 0.543. The number of aryl methyl sites for hydroxylation is 1. The van der Waals surface area contributed by atoms with Gasteiger partial charge in [-0.05, 0) is 55.8 Å². The summed E-state index contributed by atoms with van der Waals surface area (Å²) in [7, 11) is 0. The van der Waals surface area contributed by atoms with Gasteiger partial charge in [-0.1, -0.05) is 31.7 Å². The molecule has 0 bridgehead atoms. The Morgan fingerprint density at radius 2 is 2.14 bits per heavy atom. The summed E-state index contributed by atoms with van der Waals surface area (Å²) >= 11 is 1.75. The highest BCUT2D eigenvalue weighted by molar-refractivity contribution is 7.15. The lowest BCUT2D eigenvalue weighted by Gasteiger charge is -2.19. The van der Waals surface area contributed by atoms with Crippen LogP contribution < -0.4 is 10.6 Å². The molecule has 0 fully saturated rings. The first kappa shape index (κ1) is 23.8. The summed E-state index contributed by atoms with van der Waals surface area (Å²) in [5.74, 6) is 0.750. The molecule has 0 amide bonds. The van der Waals surface area contributed by atoms with Gasteiger partial charge < -0.3 is 10.6 Å². The highest BCUT2D eigenvalue weighted by Gasteiger charge is 2.21. The fourth-order valence-electron chi connectivity index (χ4n) is 4.23. The van der Waals surface area contributed by atoms with Gasteiger partial charge in [-0.25, -0.2) is 4.98 Å². The molecule has 4 aromatic heterocycles. The standard InChI is InChI=1S/C28H29N7S/c1-5-18(14-29-7-3)12-19(6-2)20-13-21-26(34-35-27(21)31-15-20)28-32-16-22-23(33-28)10-11-30-25(22)24-9-8-17(4)36-24/h5-6,8-13,15,29H,1,7,14,16H2,2-4H3,(H,32,33)(H,31,34,35)/b18-12+,19-6+. The van der Waals surface area contributed by atoms with Crippen LogP contribution in [0.5, 0.6) is 0 Å². The molecule has 1 aliphatic rings. The summed E-state index contributed by atoms with van der Waals surface area (Å²) in [4.78, 5) is 16.6. The highest BCUT2D eigenvalue weighted by Crippen LogP contribution is 2.35. The zero-order valence-electron chi connectivity index (χ0n) is 20.7. The lowest BCUT2D eigenvalue weighted by Crippen LogP contribution is -2.20. The van der Waals surface area contributed by atoms with E-state index in [-0.39, 0.29) is 0 Å². The Morgan fingerprint density at radius 3 is 2.89 bits per heavy atom. The van der Waals surface area contributed by atoms with E-state index in [1.54, 1.807) is 11.3 Å². The van der Waals surface area contributed by atoms with Crippen molar-refractivity contribution < 1.29 is 0 Å². The monoisotopic (exact) mass is 495 g/mol. The molecule has 0 saturated heterocycles. The first-order valence-corrected chi connectivity index (χ1v) is 12.8. The number of hydrogen-bond acceptors (Lipinski definition) is 7. The van der Waals surface area contributed by atoms with Crippen LogP contribution in [0, 0.1) is 6.92 Å². The highest BCUT2D eigenvalue weighted by atomic mass is 32.1. The van der Waals surface area contributed by atoms with E-state index in [1.165, 1.54) is 4.88 Å². The van der Waals surface area contributed by atoms with Gasteiger partial charge in [0.25, 0.3) is 0 Å². The SMILES string of the molecule is C=C/C(=C\C(=C/C)c1cnc2n[nH]c(C3=NCc4c(ccnc4-c4ccc(C)s4)N3)c2c1)CNCC. The van der Waals surface area contributed by atoms with Crippen LogP contribution in [0.4, 0.5) is 5.69 Å². The maximum absolute atomic E-state index is 4.87. The third-order valence-corrected chi connectivity index (χ3v) is 7.16. The van der Waals surface area contributed by atoms with Crippen LogP contribution in [0.2, 0.25) is 0 Å². The maximum Gasteiger partial charge on any atom is 0.181 e. The molecule has 5 rings (SSSR count). The van der Waals surface area contributed by atoms with Gasteiger partial charge in [0.2, 0.25) is 0 Å². The number of nitrogens with zero attached hydrogens (tertiary/aromatic N) is 4. The molecule has 0 aromatic carbocycles. The number of aromatic amines is 1. The van der Waals surface area contributed by atoms with Crippen LogP contribution in [0.3, 0.4) is 0 Å². The Kier molecular flexibility index (Phi) is 6.88. The lowest BCUT2D eigenvalue weighted by atomic mass is 10.0. The molecule has 0 aliphatic carbocycles. The average molecular weight is 496 g/mol. The number of fused-ring (bicyclic) bond motifs is 2. The molecule has 0 radical (unpaired) electrons. The van der Waals surface area contributed by atoms with Gasteiger partial charge in [0.1, 0.15) is 5.69 Å². The van der Waals surface area contributed by atoms with E-state index in [2.05, 4.69) is 81.6 Å². The average Bonchev–Trinajstić information content (AvgIpc) is 3.54. The number of anilines is 1. The Bertz CT molecular complexity index is 1520. The number of aromatic nitrogens is 4. The molecule has 0 spiro atoms. The van der Waals surface area contributed by atoms with Gasteiger partial charge in [0.05, 0.1) is 22.5 Å². The molecule has 5 heterocycles. The molecule has 8 heteroatoms. The van der Waals surface area contributed by atoms with Crippen molar-refractivity contribution in [2.75, 3.05) is 18.4 Å². The van der Waals surface area contributed by atoms with Gasteiger partial charge in [-0.15, -0.1) is 11.3 Å². The number of hydrogen-bond donors (Lipinski definition) is 3. The third-order valence-electron chi connectivity index (χ3n) is 6.15. The van der Waals surface area contributed by atoms with Crippen molar-refractivity contribution in [2.45, 2.75) is 27.3 Å². The molecule has 36 heavy (non-hydrogen) atoms. The number of aliphatic imine (C=N–C) groups is 1. The van der Waals surface area contributed by atoms with Crippen molar-refractivity contribution in [1.29, 1.82) is 0 Å². The molecule has 4 aromatic rings. The Balaban J connectivity index is 1.48. The third kappa shape index (κ3) is 4.65. The van der Waals surface area contributed by atoms with Crippen molar-refractivity contribution in [3.63, 3.8) is 0 Å². The van der Waals surface area contributed by atoms with Gasteiger partial charge >= 0.3 is 0 Å². The van der Waals surface area contributed by atoms with E-state index in [9.17, 15) is 0 Å². The number of H-pyrrole nitrogens is 1. The molecular formula is C28H29N7S. The van der Waals surface area contributed by atoms with Gasteiger partial charge in [-0.2, -0.15) is 5.10 Å². The van der Waals surface area contributed by atoms with Gasteiger partial charge in [-0.3, -0.25) is 15.1 Å². The smallest absolute Gasteiger partial charge is 0.181 e. The topological polar surface area (TPSA) is 90.9 Å². The van der Waals surface area contributed by atoms with Gasteiger partial charge in [0.15, 0.2) is 11.5 Å². The van der Waals surface area contributed by atoms with E-state index in [0.29, 0.717) is 12.2 Å². The number of nitrogens with one attached hydrogen (secondary N) is 3. The predicted octanol–water partition coefficient (Wildman–Crippen LogP) is 5.89. The molecule has 3 N–H and O–H groups in total. The largest absolute Gasteiger partial charge is 0.338 e. The summed E-state index contributed by atoms with van der Waals surface area (Å²) < 4.78 is 0. The Hall–Kier alpha value is -3.88. The summed E-state index contributed by atoms with van der Waals surface area (Å²) in [5, 5.41) is 15.4. The molecular weight excluding hydrogens is 466 g/mol. The summed E-state index contributed by atoms with van der Waals surface area (Å²) in [6.45, 7) is 12.4. The summed E-state index contributed by atoms with van der Waals surface area (Å²) in [6.07, 6.45) is 9.83. The number of rotatable bonds is 8. The van der Waals surface area contributed by atoms with Crippen molar-refractivity contribution in [3.05, 3.63) is 88.7 Å². The summed E-state index contributed by atoms with van der Waals surface area (Å²) in [6, 6.07) is 8.37. The molecule has 0 saturated carbocycles. The van der Waals surface area contributed by atoms with Crippen molar-refractivity contribution in [1.82, 2.24) is 25.5 Å². The zero-order valence-corrected chi connectivity index (χ0v) is 21.5. The van der Waals surface area contributed by atoms with Crippen LogP contribution in [-0.2, 0) is 6.54 Å². The molecule has 0 atom stereocenters. The second-order valence-electron chi connectivity index (χ2n) is 8.53. The van der Waals surface area contributed by atoms with E-state index in [1.807, 2.05) is 31.5 Å². The van der Waals surface area contributed by atoms with Gasteiger partial charge in [0, 0.05) is 40.6 Å². The Morgan fingerprint density at radius 1 is 1.25 bits per heavy atom. The van der Waals surface area contributed by atoms with Crippen LogP contribution in [0.25, 0.3) is 27.2 Å². The molecule has 0 unspecified atom stereocenters. The minimum absolute atomic E-state index is 0.543. The predicted molar refractivity (Wildman–Crippen MR) is 151 cm³/mol. The fourth-order valence-corrected chi connectivity index (χ4v) is 5.12. The lowest BCUT2D eigenvalue weighted by molar-refractivity contribution is 0.785. The minimum Gasteiger partial charge on any atom is -0.338 e. The fraction of sp³-hybridized carbons (Fsp3) is 0.214. The second-order valence-corrected chi connectivity index (χ2v) is 9.82. The van der Waals surface area contributed by atoms with E-state index >= 15 is 0 Å². The molecule has 1 aliphatic heterocycles. The number of amidine groups is 1. The maximum atomic E-state index is 4.87. The van der Waals surface area contributed by atoms with E-state index < -0.39 is 0 Å². The van der Waals surface area contributed by atoms with Crippen LogP contribution in [-0.4, -0.2) is 39.1 Å². The number of likely N-dealkylation sites (N-methyl/N-ethyl adjacent to an activating group) is 1. The normalized spacial score (nSPS) is 13.9.